The molecule has 0 spiro atoms. The molecule has 2 aromatic carbocycles. The van der Waals surface area contributed by atoms with Crippen LogP contribution in [0.4, 0.5) is 5.69 Å². The number of rotatable bonds is 9. The van der Waals surface area contributed by atoms with Crippen LogP contribution in [0.2, 0.25) is 0 Å². The van der Waals surface area contributed by atoms with Gasteiger partial charge in [-0.3, -0.25) is 19.8 Å². The highest BCUT2D eigenvalue weighted by Gasteiger charge is 2.22. The van der Waals surface area contributed by atoms with Crippen molar-refractivity contribution >= 4 is 21.4 Å². The fourth-order valence-corrected chi connectivity index (χ4v) is 3.80. The number of hydrogen-bond acceptors (Lipinski definition) is 6. The molecular formula is C20H25N3O5S. The number of amides is 1. The predicted octanol–water partition coefficient (Wildman–Crippen LogP) is 2.81. The number of carbonyl (C=O) groups is 1. The molecule has 0 bridgehead atoms. The lowest BCUT2D eigenvalue weighted by Crippen LogP contribution is -2.38. The van der Waals surface area contributed by atoms with Crippen LogP contribution in [0.25, 0.3) is 0 Å². The smallest absolute Gasteiger partial charge is 0.271 e. The van der Waals surface area contributed by atoms with E-state index in [1.165, 1.54) is 0 Å². The van der Waals surface area contributed by atoms with Crippen LogP contribution < -0.4 is 5.32 Å². The van der Waals surface area contributed by atoms with E-state index in [4.69, 9.17) is 0 Å². The molecule has 1 atom stereocenters. The highest BCUT2D eigenvalue weighted by atomic mass is 32.2. The van der Waals surface area contributed by atoms with Crippen LogP contribution >= 0.6 is 0 Å². The Morgan fingerprint density at radius 3 is 2.28 bits per heavy atom. The van der Waals surface area contributed by atoms with Crippen LogP contribution in [0, 0.1) is 10.1 Å². The van der Waals surface area contributed by atoms with E-state index in [0.717, 1.165) is 43.1 Å². The Morgan fingerprint density at radius 1 is 1.14 bits per heavy atom. The van der Waals surface area contributed by atoms with Crippen molar-refractivity contribution in [3.63, 3.8) is 0 Å². The van der Waals surface area contributed by atoms with Crippen LogP contribution in [0.3, 0.4) is 0 Å². The van der Waals surface area contributed by atoms with Gasteiger partial charge in [0.05, 0.1) is 15.9 Å². The van der Waals surface area contributed by atoms with Gasteiger partial charge in [0, 0.05) is 30.5 Å². The molecule has 0 heterocycles. The number of nitro groups is 1. The van der Waals surface area contributed by atoms with Crippen molar-refractivity contribution in [1.82, 2.24) is 10.2 Å². The van der Waals surface area contributed by atoms with Crippen molar-refractivity contribution in [3.8, 4) is 0 Å². The standard InChI is InChI=1S/C20H25N3O5S/c1-4-22(5-2)19(15-9-7-6-8-10-15)14-21-20(24)16-11-17(23(25)26)13-18(12-16)29(3,27)28/h6-13,19H,4-5,14H2,1-3H3,(H,21,24). The molecule has 0 aromatic heterocycles. The van der Waals surface area contributed by atoms with Crippen LogP contribution in [-0.4, -0.2) is 50.0 Å². The van der Waals surface area contributed by atoms with Crippen molar-refractivity contribution in [2.45, 2.75) is 24.8 Å². The molecular weight excluding hydrogens is 394 g/mol. The molecule has 1 amide bonds. The molecule has 0 radical (unpaired) electrons. The lowest BCUT2D eigenvalue weighted by molar-refractivity contribution is -0.385. The molecule has 2 aromatic rings. The van der Waals surface area contributed by atoms with Crippen LogP contribution in [0.1, 0.15) is 35.8 Å². The number of benzene rings is 2. The molecule has 0 saturated carbocycles. The molecule has 0 aliphatic carbocycles. The minimum absolute atomic E-state index is 0.0639. The average molecular weight is 420 g/mol. The summed E-state index contributed by atoms with van der Waals surface area (Å²) in [6.45, 7) is 5.89. The number of likely N-dealkylation sites (N-methyl/N-ethyl adjacent to an activating group) is 1. The molecule has 0 aliphatic rings. The summed E-state index contributed by atoms with van der Waals surface area (Å²) in [5.41, 5.74) is 0.528. The topological polar surface area (TPSA) is 110 Å². The van der Waals surface area contributed by atoms with Gasteiger partial charge < -0.3 is 5.32 Å². The summed E-state index contributed by atoms with van der Waals surface area (Å²) in [4.78, 5) is 25.0. The van der Waals surface area contributed by atoms with E-state index in [1.807, 2.05) is 44.2 Å². The molecule has 2 rings (SSSR count). The highest BCUT2D eigenvalue weighted by Crippen LogP contribution is 2.22. The summed E-state index contributed by atoms with van der Waals surface area (Å²) in [6.07, 6.45) is 0.944. The van der Waals surface area contributed by atoms with Gasteiger partial charge in [-0.1, -0.05) is 44.2 Å². The Bertz CT molecular complexity index is 973. The molecule has 8 nitrogen and oxygen atoms in total. The number of nitrogens with one attached hydrogen (secondary N) is 1. The minimum atomic E-state index is -3.70. The SMILES string of the molecule is CCN(CC)C(CNC(=O)c1cc([N+](=O)[O-])cc(S(C)(=O)=O)c1)c1ccccc1. The fraction of sp³-hybridized carbons (Fsp3) is 0.350. The molecule has 1 unspecified atom stereocenters. The Kier molecular flexibility index (Phi) is 7.46. The van der Waals surface area contributed by atoms with Crippen molar-refractivity contribution in [1.29, 1.82) is 0 Å². The van der Waals surface area contributed by atoms with E-state index in [2.05, 4.69) is 10.2 Å². The summed E-state index contributed by atoms with van der Waals surface area (Å²) >= 11 is 0. The third-order valence-electron chi connectivity index (χ3n) is 4.69. The summed E-state index contributed by atoms with van der Waals surface area (Å²) in [6, 6.07) is 12.8. The normalized spacial score (nSPS) is 12.6. The summed E-state index contributed by atoms with van der Waals surface area (Å²) in [5.74, 6) is -0.563. The Labute approximate surface area is 170 Å². The van der Waals surface area contributed by atoms with E-state index in [-0.39, 0.29) is 23.0 Å². The zero-order valence-electron chi connectivity index (χ0n) is 16.7. The van der Waals surface area contributed by atoms with Gasteiger partial charge in [0.25, 0.3) is 11.6 Å². The first kappa shape index (κ1) is 22.5. The first-order valence-corrected chi connectivity index (χ1v) is 11.1. The van der Waals surface area contributed by atoms with Gasteiger partial charge in [0.1, 0.15) is 0 Å². The van der Waals surface area contributed by atoms with E-state index in [1.54, 1.807) is 0 Å². The monoisotopic (exact) mass is 419 g/mol. The maximum atomic E-state index is 12.7. The van der Waals surface area contributed by atoms with Gasteiger partial charge in [-0.25, -0.2) is 8.42 Å². The first-order valence-electron chi connectivity index (χ1n) is 9.24. The second kappa shape index (κ2) is 9.62. The van der Waals surface area contributed by atoms with Crippen molar-refractivity contribution in [2.75, 3.05) is 25.9 Å². The molecule has 29 heavy (non-hydrogen) atoms. The Morgan fingerprint density at radius 2 is 1.76 bits per heavy atom. The lowest BCUT2D eigenvalue weighted by Gasteiger charge is -2.30. The van der Waals surface area contributed by atoms with E-state index < -0.39 is 26.4 Å². The van der Waals surface area contributed by atoms with Crippen LogP contribution in [-0.2, 0) is 9.84 Å². The zero-order chi connectivity index (χ0) is 21.6. The third kappa shape index (κ3) is 5.85. The Hall–Kier alpha value is -2.78. The lowest BCUT2D eigenvalue weighted by atomic mass is 10.0. The molecule has 1 N–H and O–H groups in total. The highest BCUT2D eigenvalue weighted by molar-refractivity contribution is 7.90. The van der Waals surface area contributed by atoms with Crippen LogP contribution in [0.5, 0.6) is 0 Å². The third-order valence-corrected chi connectivity index (χ3v) is 5.78. The molecule has 0 saturated heterocycles. The van der Waals surface area contributed by atoms with Gasteiger partial charge in [0.2, 0.25) is 0 Å². The molecule has 0 aliphatic heterocycles. The predicted molar refractivity (Wildman–Crippen MR) is 111 cm³/mol. The molecule has 0 fully saturated rings. The van der Waals surface area contributed by atoms with Gasteiger partial charge in [-0.05, 0) is 24.7 Å². The quantitative estimate of drug-likeness (QED) is 0.494. The van der Waals surface area contributed by atoms with Crippen molar-refractivity contribution in [2.24, 2.45) is 0 Å². The second-order valence-electron chi connectivity index (χ2n) is 6.60. The number of carbonyl (C=O) groups excluding carboxylic acids is 1. The number of hydrogen-bond donors (Lipinski definition) is 1. The fourth-order valence-electron chi connectivity index (χ4n) is 3.12. The van der Waals surface area contributed by atoms with Crippen LogP contribution in [0.15, 0.2) is 53.4 Å². The van der Waals surface area contributed by atoms with E-state index >= 15 is 0 Å². The zero-order valence-corrected chi connectivity index (χ0v) is 17.5. The number of nitro benzene ring substituents is 1. The second-order valence-corrected chi connectivity index (χ2v) is 8.62. The van der Waals surface area contributed by atoms with Gasteiger partial charge in [-0.2, -0.15) is 0 Å². The largest absolute Gasteiger partial charge is 0.350 e. The maximum absolute atomic E-state index is 12.7. The first-order chi connectivity index (χ1) is 13.7. The number of sulfone groups is 1. The summed E-state index contributed by atoms with van der Waals surface area (Å²) in [5, 5.41) is 13.9. The summed E-state index contributed by atoms with van der Waals surface area (Å²) in [7, 11) is -3.70. The van der Waals surface area contributed by atoms with Gasteiger partial charge >= 0.3 is 0 Å². The van der Waals surface area contributed by atoms with Crippen molar-refractivity contribution in [3.05, 3.63) is 69.8 Å². The van der Waals surface area contributed by atoms with E-state index in [9.17, 15) is 23.3 Å². The number of nitrogens with zero attached hydrogens (tertiary/aromatic N) is 2. The van der Waals surface area contributed by atoms with E-state index in [0.29, 0.717) is 0 Å². The molecule has 156 valence electrons. The van der Waals surface area contributed by atoms with Gasteiger partial charge in [0.15, 0.2) is 9.84 Å². The van der Waals surface area contributed by atoms with Gasteiger partial charge in [-0.15, -0.1) is 0 Å². The molecule has 9 heteroatoms. The number of non-ortho nitro benzene ring substituents is 1. The average Bonchev–Trinajstić information content (AvgIpc) is 2.70. The minimum Gasteiger partial charge on any atom is -0.350 e. The Balaban J connectivity index is 2.30. The van der Waals surface area contributed by atoms with Crippen molar-refractivity contribution < 1.29 is 18.1 Å². The summed E-state index contributed by atoms with van der Waals surface area (Å²) < 4.78 is 23.7. The maximum Gasteiger partial charge on any atom is 0.271 e.